The van der Waals surface area contributed by atoms with E-state index >= 15 is 0 Å². The molecule has 3 aromatic carbocycles. The molecule has 4 heteroatoms. The number of para-hydroxylation sites is 1. The minimum Gasteiger partial charge on any atom is -0.310 e. The van der Waals surface area contributed by atoms with Crippen molar-refractivity contribution in [2.45, 2.75) is 0 Å². The van der Waals surface area contributed by atoms with Crippen molar-refractivity contribution in [1.29, 1.82) is 0 Å². The molecular weight excluding hydrogens is 416 g/mol. The van der Waals surface area contributed by atoms with E-state index in [1.807, 2.05) is 41.9 Å². The van der Waals surface area contributed by atoms with Crippen LogP contribution in [0.5, 0.6) is 0 Å². The standard InChI is InChI=1S/C23H15BrN2S/c24-21-15-18(14-20-19-8-4-5-9-22(19)27-23(20)21)26(16-6-2-1-3-7-16)17-10-12-25-13-11-17/h1-15H. The molecule has 0 aliphatic heterocycles. The van der Waals surface area contributed by atoms with Crippen LogP contribution in [0.4, 0.5) is 17.1 Å². The van der Waals surface area contributed by atoms with Crippen molar-refractivity contribution in [1.82, 2.24) is 4.98 Å². The van der Waals surface area contributed by atoms with Crippen molar-refractivity contribution >= 4 is 64.5 Å². The van der Waals surface area contributed by atoms with E-state index in [0.29, 0.717) is 0 Å². The molecule has 2 heterocycles. The minimum atomic E-state index is 1.09. The second-order valence-electron chi connectivity index (χ2n) is 6.28. The molecule has 0 aliphatic carbocycles. The molecule has 0 fully saturated rings. The largest absolute Gasteiger partial charge is 0.310 e. The van der Waals surface area contributed by atoms with Gasteiger partial charge in [-0.1, -0.05) is 36.4 Å². The maximum atomic E-state index is 4.18. The number of benzene rings is 3. The van der Waals surface area contributed by atoms with Gasteiger partial charge in [-0.3, -0.25) is 4.98 Å². The van der Waals surface area contributed by atoms with Gasteiger partial charge in [0.1, 0.15) is 0 Å². The Morgan fingerprint density at radius 3 is 2.22 bits per heavy atom. The van der Waals surface area contributed by atoms with Crippen LogP contribution < -0.4 is 4.90 Å². The van der Waals surface area contributed by atoms with E-state index in [2.05, 4.69) is 86.5 Å². The number of pyridine rings is 1. The fraction of sp³-hybridized carbons (Fsp3) is 0. The zero-order valence-electron chi connectivity index (χ0n) is 14.3. The number of fused-ring (bicyclic) bond motifs is 3. The van der Waals surface area contributed by atoms with Gasteiger partial charge in [-0.15, -0.1) is 11.3 Å². The lowest BCUT2D eigenvalue weighted by Gasteiger charge is -2.25. The maximum Gasteiger partial charge on any atom is 0.0499 e. The molecular formula is C23H15BrN2S. The Kier molecular flexibility index (Phi) is 4.15. The number of hydrogen-bond donors (Lipinski definition) is 0. The Bertz CT molecular complexity index is 1190. The first-order chi connectivity index (χ1) is 13.3. The number of halogens is 1. The smallest absolute Gasteiger partial charge is 0.0499 e. The summed E-state index contributed by atoms with van der Waals surface area (Å²) in [4.78, 5) is 6.44. The molecule has 0 saturated heterocycles. The van der Waals surface area contributed by atoms with E-state index in [4.69, 9.17) is 0 Å². The molecule has 0 spiro atoms. The predicted molar refractivity (Wildman–Crippen MR) is 120 cm³/mol. The zero-order chi connectivity index (χ0) is 18.2. The van der Waals surface area contributed by atoms with E-state index in [1.165, 1.54) is 20.2 Å². The van der Waals surface area contributed by atoms with Crippen LogP contribution in [0.25, 0.3) is 20.2 Å². The number of aromatic nitrogens is 1. The highest BCUT2D eigenvalue weighted by Crippen LogP contribution is 2.43. The number of rotatable bonds is 3. The van der Waals surface area contributed by atoms with Crippen molar-refractivity contribution in [3.05, 3.63) is 95.7 Å². The van der Waals surface area contributed by atoms with Crippen LogP contribution in [0.3, 0.4) is 0 Å². The average molecular weight is 431 g/mol. The molecule has 27 heavy (non-hydrogen) atoms. The Labute approximate surface area is 169 Å². The SMILES string of the molecule is Brc1cc(N(c2ccccc2)c2ccncc2)cc2c1sc1ccccc12. The van der Waals surface area contributed by atoms with Crippen molar-refractivity contribution in [3.63, 3.8) is 0 Å². The third kappa shape index (κ3) is 2.91. The number of anilines is 3. The van der Waals surface area contributed by atoms with Crippen molar-refractivity contribution < 1.29 is 0 Å². The Morgan fingerprint density at radius 1 is 0.704 bits per heavy atom. The van der Waals surface area contributed by atoms with Crippen LogP contribution in [0.1, 0.15) is 0 Å². The van der Waals surface area contributed by atoms with Gasteiger partial charge in [0, 0.05) is 54.1 Å². The summed E-state index contributed by atoms with van der Waals surface area (Å²) in [7, 11) is 0. The number of nitrogens with zero attached hydrogens (tertiary/aromatic N) is 2. The van der Waals surface area contributed by atoms with E-state index < -0.39 is 0 Å². The first-order valence-corrected chi connectivity index (χ1v) is 10.3. The second kappa shape index (κ2) is 6.80. The van der Waals surface area contributed by atoms with Gasteiger partial charge < -0.3 is 4.90 Å². The van der Waals surface area contributed by atoms with E-state index in [-0.39, 0.29) is 0 Å². The molecule has 0 unspecified atom stereocenters. The van der Waals surface area contributed by atoms with Gasteiger partial charge in [0.05, 0.1) is 0 Å². The summed E-state index contributed by atoms with van der Waals surface area (Å²) >= 11 is 5.64. The molecule has 0 aliphatic rings. The van der Waals surface area contributed by atoms with Gasteiger partial charge in [0.25, 0.3) is 0 Å². The fourth-order valence-electron chi connectivity index (χ4n) is 3.42. The highest BCUT2D eigenvalue weighted by atomic mass is 79.9. The Hall–Kier alpha value is -2.69. The molecule has 2 aromatic heterocycles. The fourth-order valence-corrected chi connectivity index (χ4v) is 5.20. The van der Waals surface area contributed by atoms with Gasteiger partial charge in [0.2, 0.25) is 0 Å². The second-order valence-corrected chi connectivity index (χ2v) is 8.19. The van der Waals surface area contributed by atoms with Gasteiger partial charge in [-0.05, 0) is 58.4 Å². The normalized spacial score (nSPS) is 11.1. The molecule has 5 aromatic rings. The monoisotopic (exact) mass is 430 g/mol. The van der Waals surface area contributed by atoms with Crippen molar-refractivity contribution in [2.24, 2.45) is 0 Å². The van der Waals surface area contributed by atoms with Crippen LogP contribution in [-0.4, -0.2) is 4.98 Å². The van der Waals surface area contributed by atoms with Gasteiger partial charge in [0.15, 0.2) is 0 Å². The molecule has 2 nitrogen and oxygen atoms in total. The molecule has 0 saturated carbocycles. The summed E-state index contributed by atoms with van der Waals surface area (Å²) in [6, 6.07) is 27.6. The van der Waals surface area contributed by atoms with Crippen LogP contribution in [-0.2, 0) is 0 Å². The molecule has 0 N–H and O–H groups in total. The first-order valence-electron chi connectivity index (χ1n) is 8.67. The van der Waals surface area contributed by atoms with Gasteiger partial charge in [-0.25, -0.2) is 0 Å². The van der Waals surface area contributed by atoms with Crippen LogP contribution >= 0.6 is 27.3 Å². The third-order valence-electron chi connectivity index (χ3n) is 4.61. The number of hydrogen-bond acceptors (Lipinski definition) is 3. The lowest BCUT2D eigenvalue weighted by atomic mass is 10.1. The molecule has 0 amide bonds. The summed E-state index contributed by atoms with van der Waals surface area (Å²) in [6.45, 7) is 0. The third-order valence-corrected chi connectivity index (χ3v) is 6.72. The highest BCUT2D eigenvalue weighted by molar-refractivity contribution is 9.10. The topological polar surface area (TPSA) is 16.1 Å². The molecule has 5 rings (SSSR count). The van der Waals surface area contributed by atoms with Crippen molar-refractivity contribution in [2.75, 3.05) is 4.90 Å². The van der Waals surface area contributed by atoms with E-state index in [0.717, 1.165) is 21.5 Å². The molecule has 0 radical (unpaired) electrons. The first kappa shape index (κ1) is 16.5. The zero-order valence-corrected chi connectivity index (χ0v) is 16.7. The highest BCUT2D eigenvalue weighted by Gasteiger charge is 2.16. The summed E-state index contributed by atoms with van der Waals surface area (Å²) < 4.78 is 3.70. The molecule has 0 bridgehead atoms. The molecule has 130 valence electrons. The average Bonchev–Trinajstić information content (AvgIpc) is 3.10. The summed E-state index contributed by atoms with van der Waals surface area (Å²) in [6.07, 6.45) is 3.66. The summed E-state index contributed by atoms with van der Waals surface area (Å²) in [5.41, 5.74) is 3.33. The quantitative estimate of drug-likeness (QED) is 0.291. The van der Waals surface area contributed by atoms with Gasteiger partial charge >= 0.3 is 0 Å². The van der Waals surface area contributed by atoms with E-state index in [1.54, 1.807) is 0 Å². The maximum absolute atomic E-state index is 4.18. The molecule has 0 atom stereocenters. The summed E-state index contributed by atoms with van der Waals surface area (Å²) in [5, 5.41) is 2.57. The van der Waals surface area contributed by atoms with Crippen LogP contribution in [0.2, 0.25) is 0 Å². The lowest BCUT2D eigenvalue weighted by molar-refractivity contribution is 1.24. The Morgan fingerprint density at radius 2 is 1.41 bits per heavy atom. The lowest BCUT2D eigenvalue weighted by Crippen LogP contribution is -2.09. The summed E-state index contributed by atoms with van der Waals surface area (Å²) in [5.74, 6) is 0. The number of thiophene rings is 1. The van der Waals surface area contributed by atoms with Gasteiger partial charge in [-0.2, -0.15) is 0 Å². The van der Waals surface area contributed by atoms with E-state index in [9.17, 15) is 0 Å². The Balaban J connectivity index is 1.79. The predicted octanol–water partition coefficient (Wildman–Crippen LogP) is 7.68. The van der Waals surface area contributed by atoms with Crippen LogP contribution in [0.15, 0.2) is 95.7 Å². The minimum absolute atomic E-state index is 1.09. The van der Waals surface area contributed by atoms with Crippen LogP contribution in [0, 0.1) is 0 Å². The van der Waals surface area contributed by atoms with Crippen molar-refractivity contribution in [3.8, 4) is 0 Å².